The van der Waals surface area contributed by atoms with Crippen molar-refractivity contribution in [2.75, 3.05) is 6.54 Å². The van der Waals surface area contributed by atoms with Crippen LogP contribution in [0.1, 0.15) is 22.3 Å². The molecule has 0 spiro atoms. The predicted octanol–water partition coefficient (Wildman–Crippen LogP) is 2.94. The summed E-state index contributed by atoms with van der Waals surface area (Å²) in [6.45, 7) is 0.350. The highest BCUT2D eigenvalue weighted by Gasteiger charge is 2.17. The third-order valence-corrected chi connectivity index (χ3v) is 3.17. The maximum Gasteiger partial charge on any atom is 0.305 e. The van der Waals surface area contributed by atoms with Crippen LogP contribution in [0.3, 0.4) is 0 Å². The summed E-state index contributed by atoms with van der Waals surface area (Å²) in [5, 5.41) is 8.83. The molecule has 0 aliphatic heterocycles. The van der Waals surface area contributed by atoms with Crippen LogP contribution in [0.25, 0.3) is 0 Å². The van der Waals surface area contributed by atoms with E-state index in [2.05, 4.69) is 0 Å². The number of hydrogen-bond donors (Lipinski definition) is 1. The molecule has 22 heavy (non-hydrogen) atoms. The van der Waals surface area contributed by atoms with Crippen LogP contribution in [0.2, 0.25) is 0 Å². The van der Waals surface area contributed by atoms with Gasteiger partial charge in [-0.1, -0.05) is 36.4 Å². The molecule has 2 aromatic carbocycles. The second-order valence-electron chi connectivity index (χ2n) is 4.87. The lowest BCUT2D eigenvalue weighted by atomic mass is 10.1. The molecule has 114 valence electrons. The van der Waals surface area contributed by atoms with Crippen LogP contribution in [0.15, 0.2) is 54.6 Å². The molecule has 0 aromatic heterocycles. The molecule has 4 nitrogen and oxygen atoms in total. The van der Waals surface area contributed by atoms with Crippen LogP contribution in [0.5, 0.6) is 0 Å². The lowest BCUT2D eigenvalue weighted by molar-refractivity contribution is -0.137. The Labute approximate surface area is 127 Å². The molecular formula is C17H16FNO3. The van der Waals surface area contributed by atoms with Gasteiger partial charge in [-0.15, -0.1) is 0 Å². The number of carboxylic acids is 1. The molecule has 0 radical (unpaired) electrons. The van der Waals surface area contributed by atoms with E-state index in [9.17, 15) is 14.0 Å². The Balaban J connectivity index is 2.19. The first-order valence-electron chi connectivity index (χ1n) is 6.87. The molecule has 5 heteroatoms. The number of rotatable bonds is 6. The minimum atomic E-state index is -0.981. The minimum absolute atomic E-state index is 0.0690. The fraction of sp³-hybridized carbons (Fsp3) is 0.176. The summed E-state index contributed by atoms with van der Waals surface area (Å²) in [6.07, 6.45) is -0.159. The summed E-state index contributed by atoms with van der Waals surface area (Å²) in [4.78, 5) is 24.7. The Morgan fingerprint density at radius 1 is 1.05 bits per heavy atom. The molecule has 1 N–H and O–H groups in total. The van der Waals surface area contributed by atoms with Crippen LogP contribution in [0.4, 0.5) is 4.39 Å². The summed E-state index contributed by atoms with van der Waals surface area (Å²) in [5.74, 6) is -1.86. The summed E-state index contributed by atoms with van der Waals surface area (Å²) >= 11 is 0. The molecule has 0 unspecified atom stereocenters. The molecule has 2 aromatic rings. The van der Waals surface area contributed by atoms with Crippen molar-refractivity contribution < 1.29 is 19.1 Å². The zero-order valence-corrected chi connectivity index (χ0v) is 11.9. The van der Waals surface area contributed by atoms with Crippen LogP contribution in [0, 0.1) is 5.82 Å². The number of aliphatic carboxylic acids is 1. The van der Waals surface area contributed by atoms with Crippen LogP contribution >= 0.6 is 0 Å². The SMILES string of the molecule is O=C(O)CCN(Cc1ccccc1)C(=O)c1cccc(F)c1. The molecule has 0 atom stereocenters. The first-order chi connectivity index (χ1) is 10.6. The molecule has 0 heterocycles. The number of carbonyl (C=O) groups is 2. The molecular weight excluding hydrogens is 285 g/mol. The van der Waals surface area contributed by atoms with E-state index >= 15 is 0 Å². The van der Waals surface area contributed by atoms with E-state index in [1.54, 1.807) is 0 Å². The summed E-state index contributed by atoms with van der Waals surface area (Å²) in [7, 11) is 0. The largest absolute Gasteiger partial charge is 0.481 e. The maximum atomic E-state index is 13.3. The zero-order valence-electron chi connectivity index (χ0n) is 11.9. The van der Waals surface area contributed by atoms with E-state index in [0.717, 1.165) is 11.6 Å². The quantitative estimate of drug-likeness (QED) is 0.892. The van der Waals surface area contributed by atoms with E-state index < -0.39 is 11.8 Å². The Morgan fingerprint density at radius 3 is 2.41 bits per heavy atom. The second kappa shape index (κ2) is 7.36. The molecule has 0 fully saturated rings. The third kappa shape index (κ3) is 4.41. The summed E-state index contributed by atoms with van der Waals surface area (Å²) in [6, 6.07) is 14.6. The van der Waals surface area contributed by atoms with E-state index in [4.69, 9.17) is 5.11 Å². The third-order valence-electron chi connectivity index (χ3n) is 3.17. The highest BCUT2D eigenvalue weighted by Crippen LogP contribution is 2.12. The smallest absolute Gasteiger partial charge is 0.305 e. The van der Waals surface area contributed by atoms with Gasteiger partial charge in [-0.2, -0.15) is 0 Å². The average Bonchev–Trinajstić information content (AvgIpc) is 2.51. The van der Waals surface area contributed by atoms with Gasteiger partial charge in [0, 0.05) is 18.7 Å². The van der Waals surface area contributed by atoms with Crippen molar-refractivity contribution in [3.05, 3.63) is 71.5 Å². The Hall–Kier alpha value is -2.69. The van der Waals surface area contributed by atoms with Gasteiger partial charge in [-0.3, -0.25) is 9.59 Å². The van der Waals surface area contributed by atoms with Gasteiger partial charge in [0.05, 0.1) is 6.42 Å². The minimum Gasteiger partial charge on any atom is -0.481 e. The van der Waals surface area contributed by atoms with Crippen molar-refractivity contribution in [3.8, 4) is 0 Å². The Kier molecular flexibility index (Phi) is 5.25. The first kappa shape index (κ1) is 15.7. The van der Waals surface area contributed by atoms with E-state index in [0.29, 0.717) is 0 Å². The van der Waals surface area contributed by atoms with Crippen molar-refractivity contribution in [2.24, 2.45) is 0 Å². The number of benzene rings is 2. The van der Waals surface area contributed by atoms with E-state index in [-0.39, 0.29) is 31.0 Å². The first-order valence-corrected chi connectivity index (χ1v) is 6.87. The lowest BCUT2D eigenvalue weighted by Gasteiger charge is -2.22. The average molecular weight is 301 g/mol. The lowest BCUT2D eigenvalue weighted by Crippen LogP contribution is -2.32. The second-order valence-corrected chi connectivity index (χ2v) is 4.87. The fourth-order valence-electron chi connectivity index (χ4n) is 2.09. The van der Waals surface area contributed by atoms with Crippen molar-refractivity contribution in [1.82, 2.24) is 4.90 Å². The fourth-order valence-corrected chi connectivity index (χ4v) is 2.09. The number of hydrogen-bond acceptors (Lipinski definition) is 2. The van der Waals surface area contributed by atoms with Gasteiger partial charge in [0.25, 0.3) is 5.91 Å². The Bertz CT molecular complexity index is 658. The van der Waals surface area contributed by atoms with Gasteiger partial charge in [0.15, 0.2) is 0 Å². The molecule has 0 bridgehead atoms. The van der Waals surface area contributed by atoms with Crippen molar-refractivity contribution in [1.29, 1.82) is 0 Å². The van der Waals surface area contributed by atoms with E-state index in [1.165, 1.54) is 23.1 Å². The number of carbonyl (C=O) groups excluding carboxylic acids is 1. The number of amides is 1. The standard InChI is InChI=1S/C17H16FNO3/c18-15-8-4-7-14(11-15)17(22)19(10-9-16(20)21)12-13-5-2-1-3-6-13/h1-8,11H,9-10,12H2,(H,20,21). The Morgan fingerprint density at radius 2 is 1.77 bits per heavy atom. The van der Waals surface area contributed by atoms with Crippen LogP contribution in [-0.4, -0.2) is 28.4 Å². The maximum absolute atomic E-state index is 13.3. The number of halogens is 1. The molecule has 0 aliphatic rings. The van der Waals surface area contributed by atoms with Gasteiger partial charge in [0.2, 0.25) is 0 Å². The molecule has 0 saturated heterocycles. The predicted molar refractivity (Wildman–Crippen MR) is 79.8 cm³/mol. The van der Waals surface area contributed by atoms with Crippen molar-refractivity contribution in [2.45, 2.75) is 13.0 Å². The van der Waals surface area contributed by atoms with Crippen LogP contribution < -0.4 is 0 Å². The zero-order chi connectivity index (χ0) is 15.9. The summed E-state index contributed by atoms with van der Waals surface area (Å²) in [5.41, 5.74) is 1.10. The van der Waals surface area contributed by atoms with Gasteiger partial charge in [0.1, 0.15) is 5.82 Å². The van der Waals surface area contributed by atoms with Crippen molar-refractivity contribution in [3.63, 3.8) is 0 Å². The normalized spacial score (nSPS) is 10.2. The molecule has 2 rings (SSSR count). The summed E-state index contributed by atoms with van der Waals surface area (Å²) < 4.78 is 13.3. The number of nitrogens with zero attached hydrogens (tertiary/aromatic N) is 1. The van der Waals surface area contributed by atoms with Gasteiger partial charge < -0.3 is 10.0 Å². The van der Waals surface area contributed by atoms with Crippen molar-refractivity contribution >= 4 is 11.9 Å². The van der Waals surface area contributed by atoms with Gasteiger partial charge >= 0.3 is 5.97 Å². The topological polar surface area (TPSA) is 57.6 Å². The van der Waals surface area contributed by atoms with E-state index in [1.807, 2.05) is 30.3 Å². The highest BCUT2D eigenvalue weighted by atomic mass is 19.1. The molecule has 1 amide bonds. The highest BCUT2D eigenvalue weighted by molar-refractivity contribution is 5.94. The van der Waals surface area contributed by atoms with Gasteiger partial charge in [-0.25, -0.2) is 4.39 Å². The molecule has 0 aliphatic carbocycles. The van der Waals surface area contributed by atoms with Gasteiger partial charge in [-0.05, 0) is 23.8 Å². The van der Waals surface area contributed by atoms with Crippen LogP contribution in [-0.2, 0) is 11.3 Å². The molecule has 0 saturated carbocycles. The monoisotopic (exact) mass is 301 g/mol. The number of carboxylic acid groups (broad SMARTS) is 1.